The number of ether oxygens (including phenoxy) is 1. The van der Waals surface area contributed by atoms with E-state index in [4.69, 9.17) is 10.5 Å². The van der Waals surface area contributed by atoms with Crippen molar-refractivity contribution in [3.63, 3.8) is 0 Å². The van der Waals surface area contributed by atoms with Gasteiger partial charge in [0.25, 0.3) is 0 Å². The zero-order valence-corrected chi connectivity index (χ0v) is 15.6. The van der Waals surface area contributed by atoms with Gasteiger partial charge in [-0.1, -0.05) is 48.2 Å². The van der Waals surface area contributed by atoms with Gasteiger partial charge in [0.2, 0.25) is 0 Å². The van der Waals surface area contributed by atoms with E-state index in [2.05, 4.69) is 4.72 Å². The molecule has 8 nitrogen and oxygen atoms in total. The summed E-state index contributed by atoms with van der Waals surface area (Å²) in [6.45, 7) is 1.92. The molecule has 1 fully saturated rings. The number of para-hydroxylation sites is 1. The summed E-state index contributed by atoms with van der Waals surface area (Å²) in [5.41, 5.74) is 9.68. The molecule has 3 rings (SSSR count). The van der Waals surface area contributed by atoms with E-state index in [0.717, 1.165) is 16.7 Å². The predicted molar refractivity (Wildman–Crippen MR) is 106 cm³/mol. The summed E-state index contributed by atoms with van der Waals surface area (Å²) in [6, 6.07) is 12.6. The van der Waals surface area contributed by atoms with Gasteiger partial charge in [0.1, 0.15) is 12.8 Å². The van der Waals surface area contributed by atoms with Crippen LogP contribution >= 0.6 is 11.0 Å². The van der Waals surface area contributed by atoms with E-state index >= 15 is 0 Å². The van der Waals surface area contributed by atoms with E-state index < -0.39 is 17.2 Å². The highest BCUT2D eigenvalue weighted by Crippen LogP contribution is 2.47. The maximum Gasteiger partial charge on any atom is 0.305 e. The van der Waals surface area contributed by atoms with Crippen molar-refractivity contribution >= 4 is 28.3 Å². The third kappa shape index (κ3) is 4.18. The number of nitrogen functional groups attached to an aromatic ring is 1. The minimum absolute atomic E-state index is 0.0715. The van der Waals surface area contributed by atoms with Gasteiger partial charge in [0, 0.05) is 23.2 Å². The third-order valence-electron chi connectivity index (χ3n) is 4.28. The first-order chi connectivity index (χ1) is 12.8. The molecule has 0 aliphatic carbocycles. The summed E-state index contributed by atoms with van der Waals surface area (Å²) >= 11 is 0. The van der Waals surface area contributed by atoms with Gasteiger partial charge in [0.05, 0.1) is 12.2 Å². The van der Waals surface area contributed by atoms with Crippen LogP contribution in [-0.2, 0) is 16.1 Å². The maximum atomic E-state index is 11.4. The van der Waals surface area contributed by atoms with Crippen LogP contribution in [0.5, 0.6) is 0 Å². The molecule has 1 saturated heterocycles. The lowest BCUT2D eigenvalue weighted by atomic mass is 10.0. The second-order valence-corrected chi connectivity index (χ2v) is 7.87. The number of nitrogens with two attached hydrogens (primary N) is 1. The van der Waals surface area contributed by atoms with Crippen molar-refractivity contribution in [3.05, 3.63) is 48.0 Å². The van der Waals surface area contributed by atoms with E-state index in [9.17, 15) is 19.0 Å². The Morgan fingerprint density at radius 1 is 1.30 bits per heavy atom. The molecule has 146 valence electrons. The average Bonchev–Trinajstić information content (AvgIpc) is 2.93. The Morgan fingerprint density at radius 2 is 2.00 bits per heavy atom. The number of nitrogens with zero attached hydrogens (tertiary/aromatic N) is 1. The van der Waals surface area contributed by atoms with Crippen LogP contribution in [0.15, 0.2) is 42.5 Å². The van der Waals surface area contributed by atoms with Crippen LogP contribution in [0.2, 0.25) is 0 Å². The monoisotopic (exact) mass is 393 g/mol. The molecule has 1 aliphatic rings. The SMILES string of the molecule is CCC(=O)OCc1cccc(-c2ccc(N3C[C@H](O)NS3(O)O)cc2)c1N. The normalized spacial score (nSPS) is 19.7. The number of benzene rings is 2. The molecule has 0 aromatic heterocycles. The number of β-amino-alcohol motifs (C(OH)–C–C–N with tert-alkyl or cyclic N) is 1. The van der Waals surface area contributed by atoms with Gasteiger partial charge >= 0.3 is 5.97 Å². The average molecular weight is 393 g/mol. The number of anilines is 2. The minimum Gasteiger partial charge on any atom is -0.461 e. The molecule has 9 heteroatoms. The Morgan fingerprint density at radius 3 is 2.59 bits per heavy atom. The first-order valence-corrected chi connectivity index (χ1v) is 9.97. The lowest BCUT2D eigenvalue weighted by molar-refractivity contribution is -0.144. The molecule has 0 radical (unpaired) electrons. The number of carbonyl (C=O) groups excluding carboxylic acids is 1. The van der Waals surface area contributed by atoms with Crippen LogP contribution in [-0.4, -0.2) is 33.0 Å². The third-order valence-corrected chi connectivity index (χ3v) is 5.84. The van der Waals surface area contributed by atoms with Crippen molar-refractivity contribution in [1.82, 2.24) is 4.72 Å². The van der Waals surface area contributed by atoms with Crippen LogP contribution in [0.1, 0.15) is 18.9 Å². The van der Waals surface area contributed by atoms with Gasteiger partial charge in [-0.3, -0.25) is 18.2 Å². The summed E-state index contributed by atoms with van der Waals surface area (Å²) in [4.78, 5) is 11.4. The number of carbonyl (C=O) groups is 1. The van der Waals surface area contributed by atoms with Crippen molar-refractivity contribution in [3.8, 4) is 11.1 Å². The van der Waals surface area contributed by atoms with Crippen LogP contribution in [0.25, 0.3) is 11.1 Å². The van der Waals surface area contributed by atoms with Gasteiger partial charge < -0.3 is 15.6 Å². The topological polar surface area (TPSA) is 128 Å². The zero-order chi connectivity index (χ0) is 19.6. The van der Waals surface area contributed by atoms with Crippen LogP contribution in [0.4, 0.5) is 11.4 Å². The molecule has 0 bridgehead atoms. The summed E-state index contributed by atoms with van der Waals surface area (Å²) < 4.78 is 28.8. The molecule has 2 aromatic carbocycles. The van der Waals surface area contributed by atoms with Gasteiger partial charge in [-0.05, 0) is 17.7 Å². The lowest BCUT2D eigenvalue weighted by Crippen LogP contribution is -2.25. The number of nitrogens with one attached hydrogen (secondary N) is 1. The van der Waals surface area contributed by atoms with Gasteiger partial charge in [0.15, 0.2) is 0 Å². The van der Waals surface area contributed by atoms with Crippen molar-refractivity contribution in [2.75, 3.05) is 16.6 Å². The largest absolute Gasteiger partial charge is 0.461 e. The fourth-order valence-corrected chi connectivity index (χ4v) is 4.19. The molecule has 0 spiro atoms. The Hall–Kier alpha value is -2.30. The van der Waals surface area contributed by atoms with E-state index in [-0.39, 0.29) is 19.1 Å². The fourth-order valence-electron chi connectivity index (χ4n) is 2.85. The van der Waals surface area contributed by atoms with Gasteiger partial charge in [-0.2, -0.15) is 4.72 Å². The number of hydrogen-bond acceptors (Lipinski definition) is 8. The Labute approximate surface area is 159 Å². The molecule has 6 N–H and O–H groups in total. The Kier molecular flexibility index (Phi) is 5.59. The maximum absolute atomic E-state index is 11.4. The van der Waals surface area contributed by atoms with Crippen molar-refractivity contribution in [2.24, 2.45) is 0 Å². The number of aliphatic hydroxyl groups is 1. The quantitative estimate of drug-likeness (QED) is 0.387. The molecule has 0 amide bonds. The van der Waals surface area contributed by atoms with E-state index in [0.29, 0.717) is 17.8 Å². The highest BCUT2D eigenvalue weighted by molar-refractivity contribution is 8.24. The number of esters is 1. The first kappa shape index (κ1) is 19.5. The van der Waals surface area contributed by atoms with Gasteiger partial charge in [-0.25, -0.2) is 0 Å². The van der Waals surface area contributed by atoms with E-state index in [1.807, 2.05) is 30.3 Å². The molecule has 1 atom stereocenters. The van der Waals surface area contributed by atoms with Crippen molar-refractivity contribution in [1.29, 1.82) is 0 Å². The van der Waals surface area contributed by atoms with E-state index in [1.165, 1.54) is 4.31 Å². The van der Waals surface area contributed by atoms with Crippen molar-refractivity contribution in [2.45, 2.75) is 26.2 Å². The summed E-state index contributed by atoms with van der Waals surface area (Å²) in [5, 5.41) is 9.60. The predicted octanol–water partition coefficient (Wildman–Crippen LogP) is 2.70. The first-order valence-electron chi connectivity index (χ1n) is 8.46. The van der Waals surface area contributed by atoms with Crippen molar-refractivity contribution < 1.29 is 23.7 Å². The molecule has 1 aliphatic heterocycles. The molecule has 2 aromatic rings. The molecular weight excluding hydrogens is 370 g/mol. The Balaban J connectivity index is 1.82. The minimum atomic E-state index is -3.24. The number of aliphatic hydroxyl groups excluding tert-OH is 1. The zero-order valence-electron chi connectivity index (χ0n) is 14.8. The van der Waals surface area contributed by atoms with Crippen LogP contribution in [0, 0.1) is 0 Å². The number of hydrogen-bond donors (Lipinski definition) is 5. The lowest BCUT2D eigenvalue weighted by Gasteiger charge is -2.36. The number of rotatable bonds is 5. The van der Waals surface area contributed by atoms with Crippen LogP contribution in [0.3, 0.4) is 0 Å². The molecule has 1 heterocycles. The van der Waals surface area contributed by atoms with Crippen LogP contribution < -0.4 is 14.8 Å². The summed E-state index contributed by atoms with van der Waals surface area (Å²) in [5.74, 6) is -0.287. The summed E-state index contributed by atoms with van der Waals surface area (Å²) in [7, 11) is -3.24. The Bertz CT molecular complexity index is 828. The molecule has 0 unspecified atom stereocenters. The second kappa shape index (κ2) is 7.75. The molecule has 0 saturated carbocycles. The van der Waals surface area contributed by atoms with Gasteiger partial charge in [-0.15, -0.1) is 0 Å². The highest BCUT2D eigenvalue weighted by atomic mass is 32.3. The van der Waals surface area contributed by atoms with E-state index in [1.54, 1.807) is 19.1 Å². The highest BCUT2D eigenvalue weighted by Gasteiger charge is 2.34. The smallest absolute Gasteiger partial charge is 0.305 e. The summed E-state index contributed by atoms with van der Waals surface area (Å²) in [6.07, 6.45) is -0.701. The molecular formula is C18H23N3O5S. The second-order valence-electron chi connectivity index (χ2n) is 6.15. The molecule has 27 heavy (non-hydrogen) atoms. The standard InChI is InChI=1S/C18H23N3O5S/c1-2-17(23)26-11-13-4-3-5-15(18(13)19)12-6-8-14(9-7-12)21-10-16(22)20-27(21,24)25/h3-9,16,20,22,24-25H,2,10-11,19H2,1H3/t16-/m0/s1. The fraction of sp³-hybridized carbons (Fsp3) is 0.278.